The average molecular weight is 300 g/mol. The van der Waals surface area contributed by atoms with Crippen LogP contribution in [0.4, 0.5) is 0 Å². The lowest BCUT2D eigenvalue weighted by Crippen LogP contribution is -2.31. The number of hydrogen-bond acceptors (Lipinski definition) is 6. The summed E-state index contributed by atoms with van der Waals surface area (Å²) in [6.07, 6.45) is 0.331. The molecule has 0 amide bonds. The van der Waals surface area contributed by atoms with Crippen molar-refractivity contribution < 1.29 is 28.7 Å². The van der Waals surface area contributed by atoms with Crippen molar-refractivity contribution >= 4 is 23.9 Å². The summed E-state index contributed by atoms with van der Waals surface area (Å²) in [5.74, 6) is -4.28. The van der Waals surface area contributed by atoms with E-state index in [4.69, 9.17) is 4.74 Å². The first kappa shape index (κ1) is 13.2. The van der Waals surface area contributed by atoms with Crippen LogP contribution < -0.4 is 0 Å². The molecule has 6 nitrogen and oxygen atoms in total. The lowest BCUT2D eigenvalue weighted by atomic mass is 9.67. The smallest absolute Gasteiger partial charge is 0.321 e. The molecule has 0 saturated carbocycles. The SMILES string of the molecule is O=C1C[C@H]([C@H]2C[C@@H]3C(=O)OC(=O)[C@@H]3c3ccccc32)C(=O)O1. The third-order valence-corrected chi connectivity index (χ3v) is 4.79. The summed E-state index contributed by atoms with van der Waals surface area (Å²) < 4.78 is 9.40. The summed E-state index contributed by atoms with van der Waals surface area (Å²) in [6.45, 7) is 0. The molecule has 2 fully saturated rings. The first-order valence-corrected chi connectivity index (χ1v) is 7.15. The first-order valence-electron chi connectivity index (χ1n) is 7.15. The third kappa shape index (κ3) is 1.73. The zero-order valence-electron chi connectivity index (χ0n) is 11.5. The van der Waals surface area contributed by atoms with Crippen molar-refractivity contribution in [2.45, 2.75) is 24.7 Å². The number of carbonyl (C=O) groups is 4. The van der Waals surface area contributed by atoms with E-state index in [0.29, 0.717) is 12.0 Å². The van der Waals surface area contributed by atoms with Crippen molar-refractivity contribution in [1.82, 2.24) is 0 Å². The van der Waals surface area contributed by atoms with Gasteiger partial charge in [0.2, 0.25) is 0 Å². The second-order valence-electron chi connectivity index (χ2n) is 5.90. The summed E-state index contributed by atoms with van der Waals surface area (Å²) in [6, 6.07) is 7.21. The van der Waals surface area contributed by atoms with Gasteiger partial charge in [-0.15, -0.1) is 0 Å². The van der Waals surface area contributed by atoms with Crippen molar-refractivity contribution in [3.63, 3.8) is 0 Å². The number of rotatable bonds is 1. The summed E-state index contributed by atoms with van der Waals surface area (Å²) >= 11 is 0. The Labute approximate surface area is 125 Å². The van der Waals surface area contributed by atoms with Crippen LogP contribution in [-0.2, 0) is 28.7 Å². The van der Waals surface area contributed by atoms with Gasteiger partial charge in [-0.2, -0.15) is 0 Å². The van der Waals surface area contributed by atoms with E-state index in [1.807, 2.05) is 12.1 Å². The van der Waals surface area contributed by atoms with Crippen molar-refractivity contribution in [3.05, 3.63) is 35.4 Å². The van der Waals surface area contributed by atoms with E-state index in [0.717, 1.165) is 5.56 Å². The predicted octanol–water partition coefficient (Wildman–Crippen LogP) is 1.05. The topological polar surface area (TPSA) is 86.7 Å². The zero-order chi connectivity index (χ0) is 15.4. The maximum atomic E-state index is 11.9. The Morgan fingerprint density at radius 2 is 1.45 bits per heavy atom. The van der Waals surface area contributed by atoms with Crippen molar-refractivity contribution in [2.24, 2.45) is 11.8 Å². The lowest BCUT2D eigenvalue weighted by Gasteiger charge is -2.32. The number of fused-ring (bicyclic) bond motifs is 3. The normalized spacial score (nSPS) is 33.3. The van der Waals surface area contributed by atoms with Gasteiger partial charge in [0.05, 0.1) is 24.2 Å². The molecular weight excluding hydrogens is 288 g/mol. The van der Waals surface area contributed by atoms with Gasteiger partial charge in [-0.3, -0.25) is 19.2 Å². The molecule has 2 saturated heterocycles. The number of esters is 4. The molecule has 0 unspecified atom stereocenters. The van der Waals surface area contributed by atoms with Gasteiger partial charge < -0.3 is 9.47 Å². The van der Waals surface area contributed by atoms with E-state index in [1.165, 1.54) is 0 Å². The monoisotopic (exact) mass is 300 g/mol. The minimum atomic E-state index is -0.604. The fraction of sp³-hybridized carbons (Fsp3) is 0.375. The fourth-order valence-electron chi connectivity index (χ4n) is 3.83. The molecule has 22 heavy (non-hydrogen) atoms. The average Bonchev–Trinajstić information content (AvgIpc) is 2.97. The van der Waals surface area contributed by atoms with Crippen LogP contribution in [0.3, 0.4) is 0 Å². The minimum Gasteiger partial charge on any atom is -0.393 e. The summed E-state index contributed by atoms with van der Waals surface area (Å²) in [5.41, 5.74) is 1.54. The van der Waals surface area contributed by atoms with Gasteiger partial charge in [0.15, 0.2) is 0 Å². The highest BCUT2D eigenvalue weighted by molar-refractivity contribution is 6.01. The van der Waals surface area contributed by atoms with Crippen LogP contribution in [0.25, 0.3) is 0 Å². The summed E-state index contributed by atoms with van der Waals surface area (Å²) in [4.78, 5) is 47.1. The van der Waals surface area contributed by atoms with Crippen molar-refractivity contribution in [1.29, 1.82) is 0 Å². The van der Waals surface area contributed by atoms with E-state index in [2.05, 4.69) is 4.74 Å². The molecule has 0 N–H and O–H groups in total. The Balaban J connectivity index is 1.81. The van der Waals surface area contributed by atoms with Crippen molar-refractivity contribution in [2.75, 3.05) is 0 Å². The van der Waals surface area contributed by atoms with E-state index in [9.17, 15) is 19.2 Å². The highest BCUT2D eigenvalue weighted by Crippen LogP contribution is 2.50. The highest BCUT2D eigenvalue weighted by Gasteiger charge is 2.53. The molecule has 0 bridgehead atoms. The van der Waals surface area contributed by atoms with Crippen LogP contribution in [0.15, 0.2) is 24.3 Å². The van der Waals surface area contributed by atoms with Crippen LogP contribution in [0.2, 0.25) is 0 Å². The van der Waals surface area contributed by atoms with Gasteiger partial charge in [0.1, 0.15) is 0 Å². The molecule has 3 aliphatic rings. The minimum absolute atomic E-state index is 0.0121. The van der Waals surface area contributed by atoms with Crippen molar-refractivity contribution in [3.8, 4) is 0 Å². The van der Waals surface area contributed by atoms with Gasteiger partial charge >= 0.3 is 23.9 Å². The lowest BCUT2D eigenvalue weighted by molar-refractivity contribution is -0.155. The fourth-order valence-corrected chi connectivity index (χ4v) is 3.83. The third-order valence-electron chi connectivity index (χ3n) is 4.79. The molecule has 4 atom stereocenters. The van der Waals surface area contributed by atoms with Gasteiger partial charge in [0, 0.05) is 0 Å². The van der Waals surface area contributed by atoms with Crippen LogP contribution in [0.1, 0.15) is 35.8 Å². The molecule has 2 aliphatic heterocycles. The summed E-state index contributed by atoms with van der Waals surface area (Å²) in [5, 5.41) is 0. The molecule has 1 aromatic carbocycles. The zero-order valence-corrected chi connectivity index (χ0v) is 11.5. The van der Waals surface area contributed by atoms with E-state index < -0.39 is 41.6 Å². The van der Waals surface area contributed by atoms with Gasteiger partial charge in [-0.25, -0.2) is 0 Å². The second-order valence-corrected chi connectivity index (χ2v) is 5.90. The molecule has 0 spiro atoms. The Hall–Kier alpha value is -2.50. The number of hydrogen-bond donors (Lipinski definition) is 0. The van der Waals surface area contributed by atoms with Crippen LogP contribution in [0.5, 0.6) is 0 Å². The predicted molar refractivity (Wildman–Crippen MR) is 70.3 cm³/mol. The quantitative estimate of drug-likeness (QED) is 0.569. The number of ether oxygens (including phenoxy) is 2. The Morgan fingerprint density at radius 3 is 2.14 bits per heavy atom. The van der Waals surface area contributed by atoms with Gasteiger partial charge in [-0.05, 0) is 23.5 Å². The molecule has 6 heteroatoms. The highest BCUT2D eigenvalue weighted by atomic mass is 16.6. The standard InChI is InChI=1S/C16H12O6/c17-12-6-10(14(18)21-12)9-5-11-13(16(20)22-15(11)19)8-4-2-1-3-7(8)9/h1-4,9-11,13H,5-6H2/t9-,10+,11-,13+/m0/s1. The molecule has 0 aromatic heterocycles. The molecule has 1 aliphatic carbocycles. The molecule has 1 aromatic rings. The Morgan fingerprint density at radius 1 is 0.773 bits per heavy atom. The Bertz CT molecular complexity index is 721. The van der Waals surface area contributed by atoms with Gasteiger partial charge in [0.25, 0.3) is 0 Å². The number of carbonyl (C=O) groups excluding carboxylic acids is 4. The van der Waals surface area contributed by atoms with E-state index in [1.54, 1.807) is 12.1 Å². The molecular formula is C16H12O6. The van der Waals surface area contributed by atoms with Crippen LogP contribution >= 0.6 is 0 Å². The van der Waals surface area contributed by atoms with Crippen LogP contribution in [-0.4, -0.2) is 23.9 Å². The summed E-state index contributed by atoms with van der Waals surface area (Å²) in [7, 11) is 0. The molecule has 4 rings (SSSR count). The maximum Gasteiger partial charge on any atom is 0.321 e. The number of cyclic esters (lactones) is 4. The largest absolute Gasteiger partial charge is 0.393 e. The van der Waals surface area contributed by atoms with E-state index in [-0.39, 0.29) is 12.3 Å². The van der Waals surface area contributed by atoms with Gasteiger partial charge in [-0.1, -0.05) is 24.3 Å². The molecule has 0 radical (unpaired) electrons. The molecule has 2 heterocycles. The van der Waals surface area contributed by atoms with Crippen LogP contribution in [0, 0.1) is 11.8 Å². The second kappa shape index (κ2) is 4.50. The van der Waals surface area contributed by atoms with E-state index >= 15 is 0 Å². The molecule has 112 valence electrons. The maximum absolute atomic E-state index is 11.9. The number of benzene rings is 1. The first-order chi connectivity index (χ1) is 10.6. The Kier molecular flexibility index (Phi) is 2.69.